The van der Waals surface area contributed by atoms with Gasteiger partial charge in [-0.3, -0.25) is 9.69 Å². The van der Waals surface area contributed by atoms with E-state index in [0.717, 1.165) is 6.54 Å². The van der Waals surface area contributed by atoms with Gasteiger partial charge in [-0.2, -0.15) is 0 Å². The minimum Gasteiger partial charge on any atom is -0.353 e. The van der Waals surface area contributed by atoms with E-state index in [1.807, 2.05) is 6.92 Å². The van der Waals surface area contributed by atoms with E-state index in [9.17, 15) is 4.79 Å². The van der Waals surface area contributed by atoms with Gasteiger partial charge in [-0.1, -0.05) is 13.8 Å². The van der Waals surface area contributed by atoms with E-state index >= 15 is 0 Å². The van der Waals surface area contributed by atoms with Crippen molar-refractivity contribution in [1.82, 2.24) is 15.5 Å². The molecule has 2 N–H and O–H groups in total. The fourth-order valence-corrected chi connectivity index (χ4v) is 2.81. The summed E-state index contributed by atoms with van der Waals surface area (Å²) < 4.78 is 0. The van der Waals surface area contributed by atoms with Crippen LogP contribution in [0.1, 0.15) is 47.5 Å². The minimum absolute atomic E-state index is 0.0171. The molecule has 3 atom stereocenters. The van der Waals surface area contributed by atoms with E-state index in [2.05, 4.69) is 43.2 Å². The third kappa shape index (κ3) is 4.25. The largest absolute Gasteiger partial charge is 0.353 e. The van der Waals surface area contributed by atoms with Gasteiger partial charge in [-0.15, -0.1) is 0 Å². The Morgan fingerprint density at radius 1 is 1.17 bits per heavy atom. The molecule has 106 valence electrons. The first-order valence-corrected chi connectivity index (χ1v) is 7.22. The van der Waals surface area contributed by atoms with Crippen molar-refractivity contribution in [3.05, 3.63) is 0 Å². The number of nitrogens with one attached hydrogen (secondary N) is 2. The predicted molar refractivity (Wildman–Crippen MR) is 75.6 cm³/mol. The molecular formula is C14H29N3O. The monoisotopic (exact) mass is 255 g/mol. The first-order valence-electron chi connectivity index (χ1n) is 7.22. The van der Waals surface area contributed by atoms with Gasteiger partial charge in [-0.05, 0) is 33.6 Å². The second-order valence-corrected chi connectivity index (χ2v) is 5.80. The summed E-state index contributed by atoms with van der Waals surface area (Å²) in [6.45, 7) is 12.2. The Bertz CT molecular complexity index is 258. The summed E-state index contributed by atoms with van der Waals surface area (Å²) in [5, 5.41) is 6.31. The Hall–Kier alpha value is -0.610. The molecule has 1 heterocycles. The van der Waals surface area contributed by atoms with Crippen molar-refractivity contribution < 1.29 is 4.79 Å². The van der Waals surface area contributed by atoms with Crippen molar-refractivity contribution in [2.24, 2.45) is 0 Å². The highest BCUT2D eigenvalue weighted by Gasteiger charge is 2.33. The van der Waals surface area contributed by atoms with Crippen molar-refractivity contribution in [3.8, 4) is 0 Å². The van der Waals surface area contributed by atoms with Crippen LogP contribution in [0.15, 0.2) is 0 Å². The van der Waals surface area contributed by atoms with Crippen molar-refractivity contribution in [2.75, 3.05) is 13.1 Å². The fraction of sp³-hybridized carbons (Fsp3) is 0.929. The Kier molecular flexibility index (Phi) is 6.09. The summed E-state index contributed by atoms with van der Waals surface area (Å²) in [7, 11) is 0. The van der Waals surface area contributed by atoms with E-state index in [4.69, 9.17) is 0 Å². The summed E-state index contributed by atoms with van der Waals surface area (Å²) in [6.07, 6.45) is 2.40. The van der Waals surface area contributed by atoms with Gasteiger partial charge in [-0.25, -0.2) is 0 Å². The van der Waals surface area contributed by atoms with E-state index in [1.165, 1.54) is 12.8 Å². The molecule has 0 aromatic rings. The smallest absolute Gasteiger partial charge is 0.237 e. The molecule has 0 aromatic carbocycles. The second-order valence-electron chi connectivity index (χ2n) is 5.80. The van der Waals surface area contributed by atoms with Gasteiger partial charge < -0.3 is 10.6 Å². The molecule has 0 aliphatic carbocycles. The van der Waals surface area contributed by atoms with Crippen LogP contribution in [0.2, 0.25) is 0 Å². The molecule has 0 aromatic heterocycles. The van der Waals surface area contributed by atoms with E-state index in [0.29, 0.717) is 24.7 Å². The first-order chi connectivity index (χ1) is 8.43. The molecule has 0 saturated carbocycles. The van der Waals surface area contributed by atoms with Crippen molar-refractivity contribution in [2.45, 2.75) is 71.6 Å². The number of hydrogen-bond donors (Lipinski definition) is 2. The lowest BCUT2D eigenvalue weighted by molar-refractivity contribution is -0.126. The lowest BCUT2D eigenvalue weighted by Crippen LogP contribution is -2.50. The topological polar surface area (TPSA) is 44.4 Å². The van der Waals surface area contributed by atoms with Crippen LogP contribution in [0.5, 0.6) is 0 Å². The number of amides is 1. The average molecular weight is 255 g/mol. The van der Waals surface area contributed by atoms with Gasteiger partial charge >= 0.3 is 0 Å². The highest BCUT2D eigenvalue weighted by molar-refractivity contribution is 5.81. The van der Waals surface area contributed by atoms with Crippen LogP contribution in [0.25, 0.3) is 0 Å². The molecule has 4 heteroatoms. The zero-order valence-corrected chi connectivity index (χ0v) is 12.5. The lowest BCUT2D eigenvalue weighted by atomic mass is 10.2. The second kappa shape index (κ2) is 7.10. The zero-order chi connectivity index (χ0) is 13.7. The molecule has 1 amide bonds. The SMILES string of the molecule is CC(C)NCCNC(=O)C(C)N1C(C)CCC1C. The highest BCUT2D eigenvalue weighted by Crippen LogP contribution is 2.25. The molecule has 0 spiro atoms. The average Bonchev–Trinajstić information content (AvgIpc) is 2.63. The number of hydrogen-bond acceptors (Lipinski definition) is 3. The Balaban J connectivity index is 2.32. The molecule has 0 radical (unpaired) electrons. The van der Waals surface area contributed by atoms with Crippen LogP contribution in [0.4, 0.5) is 0 Å². The minimum atomic E-state index is -0.0171. The quantitative estimate of drug-likeness (QED) is 0.705. The fourth-order valence-electron chi connectivity index (χ4n) is 2.81. The molecule has 3 unspecified atom stereocenters. The number of rotatable bonds is 6. The third-order valence-electron chi connectivity index (χ3n) is 3.82. The Morgan fingerprint density at radius 2 is 1.72 bits per heavy atom. The summed E-state index contributed by atoms with van der Waals surface area (Å²) in [5.74, 6) is 0.154. The molecule has 18 heavy (non-hydrogen) atoms. The van der Waals surface area contributed by atoms with E-state index in [-0.39, 0.29) is 11.9 Å². The number of carbonyl (C=O) groups is 1. The van der Waals surface area contributed by atoms with Crippen LogP contribution in [0.3, 0.4) is 0 Å². The first kappa shape index (κ1) is 15.4. The lowest BCUT2D eigenvalue weighted by Gasteiger charge is -2.31. The van der Waals surface area contributed by atoms with Gasteiger partial charge in [0.05, 0.1) is 6.04 Å². The summed E-state index contributed by atoms with van der Waals surface area (Å²) in [6, 6.07) is 1.50. The Labute approximate surface area is 111 Å². The van der Waals surface area contributed by atoms with Crippen LogP contribution < -0.4 is 10.6 Å². The van der Waals surface area contributed by atoms with Crippen LogP contribution in [0, 0.1) is 0 Å². The van der Waals surface area contributed by atoms with Gasteiger partial charge in [0.1, 0.15) is 0 Å². The number of likely N-dealkylation sites (tertiary alicyclic amines) is 1. The van der Waals surface area contributed by atoms with Crippen molar-refractivity contribution >= 4 is 5.91 Å². The molecule has 1 fully saturated rings. The van der Waals surface area contributed by atoms with Gasteiger partial charge in [0.25, 0.3) is 0 Å². The summed E-state index contributed by atoms with van der Waals surface area (Å²) in [5.41, 5.74) is 0. The van der Waals surface area contributed by atoms with Crippen LogP contribution in [-0.4, -0.2) is 48.1 Å². The maximum atomic E-state index is 12.1. The van der Waals surface area contributed by atoms with Gasteiger partial charge in [0, 0.05) is 31.2 Å². The van der Waals surface area contributed by atoms with E-state index < -0.39 is 0 Å². The van der Waals surface area contributed by atoms with Crippen molar-refractivity contribution in [3.63, 3.8) is 0 Å². The standard InChI is InChI=1S/C14H29N3O/c1-10(2)15-8-9-16-14(18)13(5)17-11(3)6-7-12(17)4/h10-13,15H,6-9H2,1-5H3,(H,16,18). The van der Waals surface area contributed by atoms with Crippen molar-refractivity contribution in [1.29, 1.82) is 0 Å². The van der Waals surface area contributed by atoms with Crippen LogP contribution in [-0.2, 0) is 4.79 Å². The maximum Gasteiger partial charge on any atom is 0.237 e. The molecule has 1 saturated heterocycles. The predicted octanol–water partition coefficient (Wildman–Crippen LogP) is 1.36. The zero-order valence-electron chi connectivity index (χ0n) is 12.5. The maximum absolute atomic E-state index is 12.1. The van der Waals surface area contributed by atoms with Gasteiger partial charge in [0.15, 0.2) is 0 Å². The third-order valence-corrected chi connectivity index (χ3v) is 3.82. The van der Waals surface area contributed by atoms with Crippen LogP contribution >= 0.6 is 0 Å². The normalized spacial score (nSPS) is 26.6. The van der Waals surface area contributed by atoms with Gasteiger partial charge in [0.2, 0.25) is 5.91 Å². The number of carbonyl (C=O) groups excluding carboxylic acids is 1. The molecule has 4 nitrogen and oxygen atoms in total. The molecule has 0 bridgehead atoms. The Morgan fingerprint density at radius 3 is 2.22 bits per heavy atom. The van der Waals surface area contributed by atoms with E-state index in [1.54, 1.807) is 0 Å². The highest BCUT2D eigenvalue weighted by atomic mass is 16.2. The molecule has 1 rings (SSSR count). The number of nitrogens with zero attached hydrogens (tertiary/aromatic N) is 1. The summed E-state index contributed by atoms with van der Waals surface area (Å²) in [4.78, 5) is 14.4. The molecule has 1 aliphatic rings. The molecular weight excluding hydrogens is 226 g/mol. The molecule has 1 aliphatic heterocycles. The summed E-state index contributed by atoms with van der Waals surface area (Å²) >= 11 is 0.